The van der Waals surface area contributed by atoms with Crippen LogP contribution >= 0.6 is 0 Å². The molecule has 5 nitrogen and oxygen atoms in total. The average molecular weight is 318 g/mol. The third-order valence-electron chi connectivity index (χ3n) is 4.48. The van der Waals surface area contributed by atoms with E-state index in [-0.39, 0.29) is 11.5 Å². The number of hydrogen-bond acceptors (Lipinski definition) is 3. The van der Waals surface area contributed by atoms with Gasteiger partial charge in [-0.15, -0.1) is 0 Å². The molecule has 4 rings (SSSR count). The van der Waals surface area contributed by atoms with Crippen molar-refractivity contribution in [1.29, 1.82) is 0 Å². The highest BCUT2D eigenvalue weighted by atomic mass is 16.1. The number of H-pyrrole nitrogens is 1. The highest BCUT2D eigenvalue weighted by molar-refractivity contribution is 6.05. The second-order valence-corrected chi connectivity index (χ2v) is 5.91. The molecule has 2 heterocycles. The molecule has 0 saturated carbocycles. The molecule has 0 unspecified atom stereocenters. The number of nitrogens with zero attached hydrogens (tertiary/aromatic N) is 2. The maximum absolute atomic E-state index is 12.3. The first kappa shape index (κ1) is 14.5. The van der Waals surface area contributed by atoms with Crippen molar-refractivity contribution < 1.29 is 0 Å². The van der Waals surface area contributed by atoms with Gasteiger partial charge in [0.1, 0.15) is 0 Å². The molecule has 0 saturated heterocycles. The number of fused-ring (bicyclic) bond motifs is 3. The Labute approximate surface area is 138 Å². The van der Waals surface area contributed by atoms with Gasteiger partial charge in [-0.2, -0.15) is 0 Å². The normalized spacial score (nSPS) is 11.4. The zero-order valence-corrected chi connectivity index (χ0v) is 13.4. The molecule has 0 atom stereocenters. The van der Waals surface area contributed by atoms with Gasteiger partial charge in [-0.3, -0.25) is 9.78 Å². The van der Waals surface area contributed by atoms with Crippen LogP contribution in [0.4, 0.5) is 5.95 Å². The summed E-state index contributed by atoms with van der Waals surface area (Å²) < 4.78 is 2.17. The first-order chi connectivity index (χ1) is 11.7. The predicted molar refractivity (Wildman–Crippen MR) is 97.2 cm³/mol. The molecule has 0 aliphatic heterocycles. The van der Waals surface area contributed by atoms with Crippen molar-refractivity contribution in [3.63, 3.8) is 0 Å². The lowest BCUT2D eigenvalue weighted by Gasteiger charge is -2.10. The molecule has 0 spiro atoms. The number of rotatable bonds is 3. The topological polar surface area (TPSA) is 76.7 Å². The Morgan fingerprint density at radius 3 is 2.71 bits per heavy atom. The maximum atomic E-state index is 12.3. The van der Waals surface area contributed by atoms with Crippen molar-refractivity contribution in [1.82, 2.24) is 14.5 Å². The summed E-state index contributed by atoms with van der Waals surface area (Å²) in [6, 6.07) is 14.3. The van der Waals surface area contributed by atoms with E-state index in [1.807, 2.05) is 24.4 Å². The average Bonchev–Trinajstić information content (AvgIpc) is 2.97. The fourth-order valence-corrected chi connectivity index (χ4v) is 3.31. The molecule has 0 bridgehead atoms. The lowest BCUT2D eigenvalue weighted by atomic mass is 10.1. The largest absolute Gasteiger partial charge is 0.369 e. The highest BCUT2D eigenvalue weighted by Crippen LogP contribution is 2.24. The molecule has 0 aliphatic carbocycles. The van der Waals surface area contributed by atoms with Gasteiger partial charge in [0.2, 0.25) is 5.95 Å². The minimum absolute atomic E-state index is 0.142. The second-order valence-electron chi connectivity index (χ2n) is 5.91. The highest BCUT2D eigenvalue weighted by Gasteiger charge is 2.11. The van der Waals surface area contributed by atoms with Gasteiger partial charge in [0.25, 0.3) is 5.56 Å². The van der Waals surface area contributed by atoms with Crippen LogP contribution in [-0.2, 0) is 13.0 Å². The van der Waals surface area contributed by atoms with E-state index in [9.17, 15) is 4.79 Å². The van der Waals surface area contributed by atoms with E-state index in [0.29, 0.717) is 10.9 Å². The molecule has 2 aromatic carbocycles. The number of nitrogen functional groups attached to an aromatic ring is 1. The minimum Gasteiger partial charge on any atom is -0.369 e. The Kier molecular flexibility index (Phi) is 3.34. The molecule has 3 N–H and O–H groups in total. The number of benzene rings is 2. The van der Waals surface area contributed by atoms with Crippen molar-refractivity contribution >= 4 is 27.8 Å². The number of nitrogens with one attached hydrogen (secondary N) is 1. The fourth-order valence-electron chi connectivity index (χ4n) is 3.31. The monoisotopic (exact) mass is 318 g/mol. The van der Waals surface area contributed by atoms with Crippen LogP contribution in [0.3, 0.4) is 0 Å². The van der Waals surface area contributed by atoms with Crippen LogP contribution in [-0.4, -0.2) is 14.5 Å². The van der Waals surface area contributed by atoms with Crippen LogP contribution in [0, 0.1) is 0 Å². The first-order valence-corrected chi connectivity index (χ1v) is 8.01. The van der Waals surface area contributed by atoms with Crippen molar-refractivity contribution in [2.45, 2.75) is 19.9 Å². The molecule has 4 aromatic rings. The molecular weight excluding hydrogens is 300 g/mol. The van der Waals surface area contributed by atoms with Gasteiger partial charge in [0, 0.05) is 23.6 Å². The zero-order valence-electron chi connectivity index (χ0n) is 13.4. The summed E-state index contributed by atoms with van der Waals surface area (Å²) in [5, 5.41) is 1.49. The van der Waals surface area contributed by atoms with Crippen molar-refractivity contribution in [3.05, 3.63) is 70.1 Å². The minimum atomic E-state index is -0.199. The molecule has 5 heteroatoms. The molecule has 2 aromatic heterocycles. The Balaban J connectivity index is 1.89. The number of aromatic amines is 1. The predicted octanol–water partition coefficient (Wildman–Crippen LogP) is 3.07. The number of anilines is 1. The summed E-state index contributed by atoms with van der Waals surface area (Å²) >= 11 is 0. The number of aryl methyl sites for hydroxylation is 1. The smallest absolute Gasteiger partial charge is 0.260 e. The third kappa shape index (κ3) is 2.25. The van der Waals surface area contributed by atoms with Crippen molar-refractivity contribution in [3.8, 4) is 0 Å². The lowest BCUT2D eigenvalue weighted by molar-refractivity contribution is 0.823. The molecule has 0 amide bonds. The summed E-state index contributed by atoms with van der Waals surface area (Å²) in [4.78, 5) is 19.1. The van der Waals surface area contributed by atoms with Crippen molar-refractivity contribution in [2.24, 2.45) is 0 Å². The molecular formula is C19H18N4O. The molecule has 24 heavy (non-hydrogen) atoms. The summed E-state index contributed by atoms with van der Waals surface area (Å²) in [5.41, 5.74) is 9.71. The van der Waals surface area contributed by atoms with Gasteiger partial charge in [0.15, 0.2) is 0 Å². The number of nitrogens with two attached hydrogens (primary N) is 1. The summed E-state index contributed by atoms with van der Waals surface area (Å²) in [7, 11) is 0. The number of aromatic nitrogens is 3. The third-order valence-corrected chi connectivity index (χ3v) is 4.48. The first-order valence-electron chi connectivity index (χ1n) is 8.01. The van der Waals surface area contributed by atoms with Gasteiger partial charge in [0.05, 0.1) is 10.9 Å². The quantitative estimate of drug-likeness (QED) is 0.609. The van der Waals surface area contributed by atoms with Crippen LogP contribution in [0.2, 0.25) is 0 Å². The van der Waals surface area contributed by atoms with Gasteiger partial charge in [-0.05, 0) is 35.7 Å². The Morgan fingerprint density at radius 1 is 1.12 bits per heavy atom. The Bertz CT molecular complexity index is 1110. The molecule has 0 radical (unpaired) electrons. The van der Waals surface area contributed by atoms with Crippen LogP contribution in [0.25, 0.3) is 21.8 Å². The molecule has 120 valence electrons. The van der Waals surface area contributed by atoms with E-state index in [1.54, 1.807) is 0 Å². The number of hydrogen-bond donors (Lipinski definition) is 2. The standard InChI is InChI=1S/C19H18N4O/c1-2-12-5-3-4-6-13(12)11-23-10-9-14-16(23)8-7-15-17(14)18(24)22-19(20)21-15/h3-10H,2,11H2,1H3,(H3,20,21,22,24). The van der Waals surface area contributed by atoms with Gasteiger partial charge in [-0.25, -0.2) is 4.98 Å². The Hall–Kier alpha value is -3.08. The zero-order chi connectivity index (χ0) is 16.7. The lowest BCUT2D eigenvalue weighted by Crippen LogP contribution is -2.11. The van der Waals surface area contributed by atoms with Gasteiger partial charge < -0.3 is 10.3 Å². The molecule has 0 fully saturated rings. The summed E-state index contributed by atoms with van der Waals surface area (Å²) in [6.07, 6.45) is 3.02. The van der Waals surface area contributed by atoms with E-state index >= 15 is 0 Å². The summed E-state index contributed by atoms with van der Waals surface area (Å²) in [6.45, 7) is 2.94. The second kappa shape index (κ2) is 5.53. The van der Waals surface area contributed by atoms with E-state index in [0.717, 1.165) is 23.9 Å². The van der Waals surface area contributed by atoms with E-state index < -0.39 is 0 Å². The van der Waals surface area contributed by atoms with Crippen LogP contribution < -0.4 is 11.3 Å². The fraction of sp³-hybridized carbons (Fsp3) is 0.158. The van der Waals surface area contributed by atoms with Crippen molar-refractivity contribution in [2.75, 3.05) is 5.73 Å². The van der Waals surface area contributed by atoms with Gasteiger partial charge in [-0.1, -0.05) is 31.2 Å². The van der Waals surface area contributed by atoms with E-state index in [1.165, 1.54) is 11.1 Å². The van der Waals surface area contributed by atoms with Crippen LogP contribution in [0.5, 0.6) is 0 Å². The van der Waals surface area contributed by atoms with Crippen LogP contribution in [0.15, 0.2) is 53.5 Å². The van der Waals surface area contributed by atoms with Gasteiger partial charge >= 0.3 is 0 Å². The van der Waals surface area contributed by atoms with Crippen LogP contribution in [0.1, 0.15) is 18.1 Å². The SMILES string of the molecule is CCc1ccccc1Cn1ccc2c3c(=O)[nH]c(N)nc3ccc21. The summed E-state index contributed by atoms with van der Waals surface area (Å²) in [5.74, 6) is 0.142. The Morgan fingerprint density at radius 2 is 1.92 bits per heavy atom. The molecule has 0 aliphatic rings. The van der Waals surface area contributed by atoms with E-state index in [2.05, 4.69) is 45.7 Å². The maximum Gasteiger partial charge on any atom is 0.260 e. The van der Waals surface area contributed by atoms with E-state index in [4.69, 9.17) is 5.73 Å².